The van der Waals surface area contributed by atoms with Gasteiger partial charge in [0, 0.05) is 32.2 Å². The monoisotopic (exact) mass is 393 g/mol. The molecule has 158 valence electrons. The summed E-state index contributed by atoms with van der Waals surface area (Å²) in [7, 11) is 1.64. The highest BCUT2D eigenvalue weighted by Crippen LogP contribution is 2.26. The third kappa shape index (κ3) is 8.35. The van der Waals surface area contributed by atoms with Crippen LogP contribution in [0.5, 0.6) is 11.5 Å². The van der Waals surface area contributed by atoms with Crippen molar-refractivity contribution in [2.45, 2.75) is 32.8 Å². The highest BCUT2D eigenvalue weighted by molar-refractivity contribution is 5.79. The van der Waals surface area contributed by atoms with E-state index in [2.05, 4.69) is 22.5 Å². The largest absolute Gasteiger partial charge is 0.493 e. The van der Waals surface area contributed by atoms with E-state index in [9.17, 15) is 0 Å². The Morgan fingerprint density at radius 2 is 2.11 bits per heavy atom. The van der Waals surface area contributed by atoms with Crippen molar-refractivity contribution < 1.29 is 18.9 Å². The molecule has 0 bridgehead atoms. The molecule has 0 aromatic heterocycles. The lowest BCUT2D eigenvalue weighted by atomic mass is 10.1. The first-order chi connectivity index (χ1) is 13.7. The highest BCUT2D eigenvalue weighted by Gasteiger charge is 2.15. The fraction of sp³-hybridized carbons (Fsp3) is 0.667. The number of rotatable bonds is 12. The molecule has 7 nitrogen and oxygen atoms in total. The maximum absolute atomic E-state index is 5.95. The molecule has 0 saturated carbocycles. The SMILES string of the molecule is CCNC(=NCC(C)Oc1ccccc1OC)NCCCOCC1CCOC1. The standard InChI is InChI=1S/C21H35N3O4/c1-4-22-21(23-11-7-12-26-15-18-10-13-27-16-18)24-14-17(2)28-20-9-6-5-8-19(20)25-3/h5-6,8-9,17-18H,4,7,10-16H2,1-3H3,(H2,22,23,24). The minimum atomic E-state index is -0.0660. The molecule has 1 aliphatic heterocycles. The molecule has 0 spiro atoms. The predicted molar refractivity (Wildman–Crippen MR) is 111 cm³/mol. The maximum Gasteiger partial charge on any atom is 0.191 e. The van der Waals surface area contributed by atoms with E-state index in [0.717, 1.165) is 69.8 Å². The van der Waals surface area contributed by atoms with E-state index in [0.29, 0.717) is 12.5 Å². The molecular weight excluding hydrogens is 358 g/mol. The molecule has 28 heavy (non-hydrogen) atoms. The number of aliphatic imine (C=N–C) groups is 1. The summed E-state index contributed by atoms with van der Waals surface area (Å²) >= 11 is 0. The number of nitrogens with zero attached hydrogens (tertiary/aromatic N) is 1. The Kier molecular flexibility index (Phi) is 10.5. The summed E-state index contributed by atoms with van der Waals surface area (Å²) in [5, 5.41) is 6.61. The molecule has 2 N–H and O–H groups in total. The van der Waals surface area contributed by atoms with Crippen molar-refractivity contribution in [1.29, 1.82) is 0 Å². The van der Waals surface area contributed by atoms with Gasteiger partial charge in [-0.05, 0) is 38.8 Å². The van der Waals surface area contributed by atoms with Crippen molar-refractivity contribution in [3.8, 4) is 11.5 Å². The maximum atomic E-state index is 5.95. The van der Waals surface area contributed by atoms with Gasteiger partial charge in [0.2, 0.25) is 0 Å². The first-order valence-corrected chi connectivity index (χ1v) is 10.2. The first-order valence-electron chi connectivity index (χ1n) is 10.2. The molecule has 2 atom stereocenters. The second-order valence-electron chi connectivity index (χ2n) is 6.88. The van der Waals surface area contributed by atoms with Crippen molar-refractivity contribution in [3.05, 3.63) is 24.3 Å². The molecule has 7 heteroatoms. The summed E-state index contributed by atoms with van der Waals surface area (Å²) in [6, 6.07) is 7.65. The lowest BCUT2D eigenvalue weighted by molar-refractivity contribution is 0.0888. The van der Waals surface area contributed by atoms with Gasteiger partial charge in [0.15, 0.2) is 17.5 Å². The molecule has 2 unspecified atom stereocenters. The van der Waals surface area contributed by atoms with Gasteiger partial charge in [0.1, 0.15) is 6.10 Å². The molecule has 0 aliphatic carbocycles. The molecule has 0 radical (unpaired) electrons. The second kappa shape index (κ2) is 13.2. The summed E-state index contributed by atoms with van der Waals surface area (Å²) in [5.41, 5.74) is 0. The number of hydrogen-bond acceptors (Lipinski definition) is 5. The zero-order chi connectivity index (χ0) is 20.0. The topological polar surface area (TPSA) is 73.3 Å². The van der Waals surface area contributed by atoms with Crippen LogP contribution >= 0.6 is 0 Å². The molecule has 1 saturated heterocycles. The average Bonchev–Trinajstić information content (AvgIpc) is 3.22. The Hall–Kier alpha value is -1.99. The van der Waals surface area contributed by atoms with Crippen molar-refractivity contribution in [3.63, 3.8) is 0 Å². The summed E-state index contributed by atoms with van der Waals surface area (Å²) in [5.74, 6) is 2.82. The van der Waals surface area contributed by atoms with Crippen molar-refractivity contribution >= 4 is 5.96 Å². The summed E-state index contributed by atoms with van der Waals surface area (Å²) in [6.45, 7) is 9.48. The molecule has 1 fully saturated rings. The molecule has 1 aromatic rings. The fourth-order valence-corrected chi connectivity index (χ4v) is 2.88. The van der Waals surface area contributed by atoms with Crippen LogP contribution in [0.25, 0.3) is 0 Å². The normalized spacial score (nSPS) is 18.0. The molecule has 1 heterocycles. The molecule has 1 aromatic carbocycles. The second-order valence-corrected chi connectivity index (χ2v) is 6.88. The van der Waals surface area contributed by atoms with E-state index >= 15 is 0 Å². The smallest absolute Gasteiger partial charge is 0.191 e. The van der Waals surface area contributed by atoms with Gasteiger partial charge < -0.3 is 29.6 Å². The Morgan fingerprint density at radius 1 is 1.29 bits per heavy atom. The van der Waals surface area contributed by atoms with Crippen molar-refractivity contribution in [2.24, 2.45) is 10.9 Å². The number of ether oxygens (including phenoxy) is 4. The van der Waals surface area contributed by atoms with Crippen LogP contribution < -0.4 is 20.1 Å². The van der Waals surface area contributed by atoms with Gasteiger partial charge in [-0.1, -0.05) is 12.1 Å². The van der Waals surface area contributed by atoms with Crippen LogP contribution in [0.2, 0.25) is 0 Å². The van der Waals surface area contributed by atoms with Gasteiger partial charge in [-0.15, -0.1) is 0 Å². The molecule has 0 amide bonds. The van der Waals surface area contributed by atoms with Gasteiger partial charge in [-0.2, -0.15) is 0 Å². The molecule has 2 rings (SSSR count). The fourth-order valence-electron chi connectivity index (χ4n) is 2.88. The van der Waals surface area contributed by atoms with E-state index in [4.69, 9.17) is 18.9 Å². The minimum Gasteiger partial charge on any atom is -0.493 e. The number of nitrogens with one attached hydrogen (secondary N) is 2. The van der Waals surface area contributed by atoms with Crippen LogP contribution in [-0.2, 0) is 9.47 Å². The quantitative estimate of drug-likeness (QED) is 0.323. The van der Waals surface area contributed by atoms with E-state index in [1.165, 1.54) is 0 Å². The number of methoxy groups -OCH3 is 1. The lowest BCUT2D eigenvalue weighted by Crippen LogP contribution is -2.38. The number of para-hydroxylation sites is 2. The summed E-state index contributed by atoms with van der Waals surface area (Å²) in [6.07, 6.45) is 1.99. The van der Waals surface area contributed by atoms with Gasteiger partial charge in [-0.25, -0.2) is 4.99 Å². The van der Waals surface area contributed by atoms with Gasteiger partial charge >= 0.3 is 0 Å². The number of guanidine groups is 1. The number of benzene rings is 1. The summed E-state index contributed by atoms with van der Waals surface area (Å²) in [4.78, 5) is 4.62. The lowest BCUT2D eigenvalue weighted by Gasteiger charge is -2.17. The van der Waals surface area contributed by atoms with Crippen LogP contribution in [0, 0.1) is 5.92 Å². The first kappa shape index (κ1) is 22.3. The van der Waals surface area contributed by atoms with Gasteiger partial charge in [-0.3, -0.25) is 0 Å². The summed E-state index contributed by atoms with van der Waals surface area (Å²) < 4.78 is 22.4. The Balaban J connectivity index is 1.67. The molecule has 1 aliphatic rings. The van der Waals surface area contributed by atoms with E-state index in [1.807, 2.05) is 31.2 Å². The third-order valence-corrected chi connectivity index (χ3v) is 4.38. The van der Waals surface area contributed by atoms with E-state index in [-0.39, 0.29) is 6.10 Å². The Morgan fingerprint density at radius 3 is 2.82 bits per heavy atom. The van der Waals surface area contributed by atoms with Crippen molar-refractivity contribution in [2.75, 3.05) is 53.2 Å². The van der Waals surface area contributed by atoms with Crippen LogP contribution in [0.3, 0.4) is 0 Å². The van der Waals surface area contributed by atoms with E-state index in [1.54, 1.807) is 7.11 Å². The van der Waals surface area contributed by atoms with Crippen LogP contribution in [0.15, 0.2) is 29.3 Å². The van der Waals surface area contributed by atoms with E-state index < -0.39 is 0 Å². The van der Waals surface area contributed by atoms with Gasteiger partial charge in [0.05, 0.1) is 26.9 Å². The molecular formula is C21H35N3O4. The number of hydrogen-bond donors (Lipinski definition) is 2. The predicted octanol–water partition coefficient (Wildman–Crippen LogP) is 2.46. The van der Waals surface area contributed by atoms with Crippen molar-refractivity contribution in [1.82, 2.24) is 10.6 Å². The minimum absolute atomic E-state index is 0.0660. The van der Waals surface area contributed by atoms with Gasteiger partial charge in [0.25, 0.3) is 0 Å². The average molecular weight is 394 g/mol. The zero-order valence-corrected chi connectivity index (χ0v) is 17.4. The van der Waals surface area contributed by atoms with Crippen LogP contribution in [0.4, 0.5) is 0 Å². The van der Waals surface area contributed by atoms with Crippen LogP contribution in [-0.4, -0.2) is 65.2 Å². The van der Waals surface area contributed by atoms with Crippen LogP contribution in [0.1, 0.15) is 26.7 Å². The highest BCUT2D eigenvalue weighted by atomic mass is 16.5. The Bertz CT molecular complexity index is 577. The third-order valence-electron chi connectivity index (χ3n) is 4.38. The Labute approximate surface area is 168 Å². The zero-order valence-electron chi connectivity index (χ0n) is 17.4.